The first-order valence-electron chi connectivity index (χ1n) is 14.2. The molecule has 1 amide bonds. The van der Waals surface area contributed by atoms with Crippen molar-refractivity contribution < 1.29 is 19.1 Å². The van der Waals surface area contributed by atoms with Crippen molar-refractivity contribution in [3.05, 3.63) is 136 Å². The number of carboxylic acids is 1. The highest BCUT2D eigenvalue weighted by Crippen LogP contribution is 2.29. The van der Waals surface area contributed by atoms with Crippen LogP contribution in [0.1, 0.15) is 42.0 Å². The molecule has 4 aromatic rings. The molecule has 5 rings (SSSR count). The number of hydrogen-bond acceptors (Lipinski definition) is 4. The Bertz CT molecular complexity index is 1640. The van der Waals surface area contributed by atoms with Gasteiger partial charge in [0.05, 0.1) is 17.4 Å². The van der Waals surface area contributed by atoms with Gasteiger partial charge in [-0.2, -0.15) is 0 Å². The van der Waals surface area contributed by atoms with Crippen LogP contribution in [0.15, 0.2) is 108 Å². The van der Waals surface area contributed by atoms with Crippen LogP contribution >= 0.6 is 11.6 Å². The predicted molar refractivity (Wildman–Crippen MR) is 168 cm³/mol. The predicted octanol–water partition coefficient (Wildman–Crippen LogP) is 7.01. The summed E-state index contributed by atoms with van der Waals surface area (Å²) in [6.45, 7) is 2.81. The summed E-state index contributed by atoms with van der Waals surface area (Å²) in [5.41, 5.74) is 1.66. The Kier molecular flexibility index (Phi) is 9.34. The Labute approximate surface area is 255 Å². The zero-order chi connectivity index (χ0) is 30.4. The van der Waals surface area contributed by atoms with Gasteiger partial charge in [0, 0.05) is 29.1 Å². The van der Waals surface area contributed by atoms with Crippen molar-refractivity contribution in [1.82, 2.24) is 4.90 Å². The molecule has 0 radical (unpaired) electrons. The third kappa shape index (κ3) is 7.01. The molecule has 0 bridgehead atoms. The van der Waals surface area contributed by atoms with Gasteiger partial charge in [-0.3, -0.25) is 14.7 Å². The van der Waals surface area contributed by atoms with Crippen LogP contribution in [0.3, 0.4) is 0 Å². The molecule has 0 saturated carbocycles. The summed E-state index contributed by atoms with van der Waals surface area (Å²) in [4.78, 5) is 33.3. The van der Waals surface area contributed by atoms with Crippen molar-refractivity contribution in [2.45, 2.75) is 44.3 Å². The van der Waals surface area contributed by atoms with Gasteiger partial charge in [-0.25, -0.2) is 9.18 Å². The normalized spacial score (nSPS) is 16.9. The number of nitrogens with zero attached hydrogens (tertiary/aromatic N) is 2. The first-order chi connectivity index (χ1) is 20.7. The second-order valence-electron chi connectivity index (χ2n) is 10.9. The second-order valence-corrected chi connectivity index (χ2v) is 11.3. The largest absolute Gasteiger partial charge is 0.479 e. The molecule has 0 aromatic heterocycles. The van der Waals surface area contributed by atoms with Gasteiger partial charge in [0.1, 0.15) is 5.82 Å². The Balaban J connectivity index is 1.50. The molecule has 1 aliphatic heterocycles. The Morgan fingerprint density at radius 3 is 2.33 bits per heavy atom. The molecule has 8 heteroatoms. The fourth-order valence-electron chi connectivity index (χ4n) is 5.47. The molecule has 6 nitrogen and oxygen atoms in total. The van der Waals surface area contributed by atoms with E-state index in [2.05, 4.69) is 10.2 Å². The molecule has 1 fully saturated rings. The molecule has 0 unspecified atom stereocenters. The number of rotatable bonds is 10. The molecule has 2 N–H and O–H groups in total. The van der Waals surface area contributed by atoms with Crippen LogP contribution in [-0.4, -0.2) is 45.7 Å². The van der Waals surface area contributed by atoms with Crippen molar-refractivity contribution in [2.24, 2.45) is 4.99 Å². The molecule has 1 saturated heterocycles. The smallest absolute Gasteiger partial charge is 0.331 e. The molecule has 43 heavy (non-hydrogen) atoms. The maximum atomic E-state index is 14.6. The SMILES string of the molecule is C[C@@](Cc1ccccc1F)(N=C(c1ccccc1)c1ccccc1NC(=O)[C@@H]1CCCN1Cc1ccccc1Cl)C(=O)O. The van der Waals surface area contributed by atoms with Gasteiger partial charge in [-0.05, 0) is 55.6 Å². The third-order valence-corrected chi connectivity index (χ3v) is 8.17. The van der Waals surface area contributed by atoms with E-state index in [1.165, 1.54) is 13.0 Å². The highest BCUT2D eigenvalue weighted by Gasteiger charge is 2.36. The summed E-state index contributed by atoms with van der Waals surface area (Å²) in [6.07, 6.45) is 1.44. The van der Waals surface area contributed by atoms with Gasteiger partial charge < -0.3 is 10.4 Å². The summed E-state index contributed by atoms with van der Waals surface area (Å²) in [7, 11) is 0. The number of aliphatic imine (C=N–C) groups is 1. The highest BCUT2D eigenvalue weighted by molar-refractivity contribution is 6.31. The van der Waals surface area contributed by atoms with Crippen molar-refractivity contribution in [3.63, 3.8) is 0 Å². The molecular formula is C35H33ClFN3O3. The molecule has 0 spiro atoms. The second kappa shape index (κ2) is 13.3. The molecule has 1 aliphatic rings. The summed E-state index contributed by atoms with van der Waals surface area (Å²) in [5, 5.41) is 14.1. The van der Waals surface area contributed by atoms with Crippen LogP contribution in [0.4, 0.5) is 10.1 Å². The van der Waals surface area contributed by atoms with E-state index in [9.17, 15) is 19.1 Å². The van der Waals surface area contributed by atoms with Crippen LogP contribution in [0.2, 0.25) is 5.02 Å². The van der Waals surface area contributed by atoms with E-state index in [4.69, 9.17) is 16.6 Å². The number of amides is 1. The van der Waals surface area contributed by atoms with E-state index in [-0.39, 0.29) is 23.9 Å². The number of anilines is 1. The topological polar surface area (TPSA) is 82.0 Å². The van der Waals surface area contributed by atoms with Gasteiger partial charge >= 0.3 is 5.97 Å². The minimum Gasteiger partial charge on any atom is -0.479 e. The molecule has 2 atom stereocenters. The minimum absolute atomic E-state index is 0.154. The molecule has 220 valence electrons. The molecule has 1 heterocycles. The first kappa shape index (κ1) is 30.1. The fourth-order valence-corrected chi connectivity index (χ4v) is 5.67. The lowest BCUT2D eigenvalue weighted by Gasteiger charge is -2.26. The Hall–Kier alpha value is -4.33. The van der Waals surface area contributed by atoms with E-state index >= 15 is 0 Å². The van der Waals surface area contributed by atoms with Gasteiger partial charge in [0.15, 0.2) is 5.54 Å². The van der Waals surface area contributed by atoms with E-state index in [0.717, 1.165) is 18.5 Å². The Morgan fingerprint density at radius 2 is 1.60 bits per heavy atom. The summed E-state index contributed by atoms with van der Waals surface area (Å²) < 4.78 is 14.6. The summed E-state index contributed by atoms with van der Waals surface area (Å²) >= 11 is 6.41. The van der Waals surface area contributed by atoms with Crippen LogP contribution in [0, 0.1) is 5.82 Å². The van der Waals surface area contributed by atoms with Crippen LogP contribution < -0.4 is 5.32 Å². The lowest BCUT2D eigenvalue weighted by atomic mass is 9.91. The fraction of sp³-hybridized carbons (Fsp3) is 0.229. The number of carbonyl (C=O) groups excluding carboxylic acids is 1. The summed E-state index contributed by atoms with van der Waals surface area (Å²) in [5.74, 6) is -1.83. The van der Waals surface area contributed by atoms with E-state index < -0.39 is 17.3 Å². The zero-order valence-electron chi connectivity index (χ0n) is 23.8. The summed E-state index contributed by atoms with van der Waals surface area (Å²) in [6, 6.07) is 29.8. The quantitative estimate of drug-likeness (QED) is 0.193. The maximum absolute atomic E-state index is 14.6. The third-order valence-electron chi connectivity index (χ3n) is 7.80. The van der Waals surface area contributed by atoms with Gasteiger partial charge in [0.2, 0.25) is 5.91 Å². The highest BCUT2D eigenvalue weighted by atomic mass is 35.5. The van der Waals surface area contributed by atoms with Crippen LogP contribution in [-0.2, 0) is 22.6 Å². The van der Waals surface area contributed by atoms with E-state index in [1.807, 2.05) is 72.8 Å². The standard InChI is InChI=1S/C35H33ClFN3O3/c1-35(34(42)43,22-25-14-6-9-18-29(25)37)39-32(24-12-3-2-4-13-24)27-16-7-10-19-30(27)38-33(41)31-20-11-21-40(31)23-26-15-5-8-17-28(26)36/h2-10,12-19,31H,11,20-23H2,1H3,(H,38,41)(H,42,43)/t31-,35-/m0/s1. The number of hydrogen-bond donors (Lipinski definition) is 2. The number of aliphatic carboxylic acids is 1. The molecule has 4 aromatic carbocycles. The van der Waals surface area contributed by atoms with E-state index in [0.29, 0.717) is 40.5 Å². The van der Waals surface area contributed by atoms with Crippen LogP contribution in [0.5, 0.6) is 0 Å². The van der Waals surface area contributed by atoms with Crippen molar-refractivity contribution >= 4 is 34.9 Å². The van der Waals surface area contributed by atoms with E-state index in [1.54, 1.807) is 24.3 Å². The number of nitrogens with one attached hydrogen (secondary N) is 1. The number of likely N-dealkylation sites (tertiary alicyclic amines) is 1. The van der Waals surface area contributed by atoms with Crippen molar-refractivity contribution in [3.8, 4) is 0 Å². The maximum Gasteiger partial charge on any atom is 0.331 e. The van der Waals surface area contributed by atoms with Gasteiger partial charge in [-0.1, -0.05) is 96.5 Å². The van der Waals surface area contributed by atoms with Crippen molar-refractivity contribution in [1.29, 1.82) is 0 Å². The monoisotopic (exact) mass is 597 g/mol. The number of carbonyl (C=O) groups is 2. The number of benzene rings is 4. The average Bonchev–Trinajstić information content (AvgIpc) is 3.47. The lowest BCUT2D eigenvalue weighted by molar-refractivity contribution is -0.142. The molecule has 0 aliphatic carbocycles. The average molecular weight is 598 g/mol. The van der Waals surface area contributed by atoms with Gasteiger partial charge in [-0.15, -0.1) is 0 Å². The van der Waals surface area contributed by atoms with Crippen LogP contribution in [0.25, 0.3) is 0 Å². The zero-order valence-corrected chi connectivity index (χ0v) is 24.6. The van der Waals surface area contributed by atoms with Crippen molar-refractivity contribution in [2.75, 3.05) is 11.9 Å². The number of carboxylic acid groups (broad SMARTS) is 1. The number of para-hydroxylation sites is 1. The minimum atomic E-state index is -1.69. The Morgan fingerprint density at radius 1 is 0.953 bits per heavy atom. The lowest BCUT2D eigenvalue weighted by Crippen LogP contribution is -2.39. The molecular weight excluding hydrogens is 565 g/mol. The van der Waals surface area contributed by atoms with Gasteiger partial charge in [0.25, 0.3) is 0 Å². The first-order valence-corrected chi connectivity index (χ1v) is 14.6. The number of halogens is 2.